The van der Waals surface area contributed by atoms with Crippen LogP contribution in [0.5, 0.6) is 5.88 Å². The number of aliphatic hydroxyl groups is 1. The molecule has 0 saturated carbocycles. The largest absolute Gasteiger partial charge is 0.475 e. The molecule has 0 saturated heterocycles. The molecule has 1 amide bonds. The number of hydrogen-bond donors (Lipinski definition) is 2. The van der Waals surface area contributed by atoms with Crippen LogP contribution in [0.1, 0.15) is 13.8 Å². The molecular formula is C11H16N2O4. The van der Waals surface area contributed by atoms with Gasteiger partial charge in [0.05, 0.1) is 18.4 Å². The maximum Gasteiger partial charge on any atom is 0.411 e. The fourth-order valence-electron chi connectivity index (χ4n) is 1.08. The van der Waals surface area contributed by atoms with Crippen LogP contribution in [0.15, 0.2) is 18.3 Å². The highest BCUT2D eigenvalue weighted by molar-refractivity contribution is 5.84. The fraction of sp³-hybridized carbons (Fsp3) is 0.455. The van der Waals surface area contributed by atoms with Crippen molar-refractivity contribution in [3.63, 3.8) is 0 Å². The van der Waals surface area contributed by atoms with Gasteiger partial charge in [-0.2, -0.15) is 0 Å². The van der Waals surface area contributed by atoms with E-state index in [1.807, 2.05) is 0 Å². The van der Waals surface area contributed by atoms with E-state index in [2.05, 4.69) is 10.3 Å². The lowest BCUT2D eigenvalue weighted by atomic mass is 10.4. The van der Waals surface area contributed by atoms with Gasteiger partial charge in [0.1, 0.15) is 6.61 Å². The first-order chi connectivity index (χ1) is 8.11. The first-order valence-corrected chi connectivity index (χ1v) is 5.29. The Balaban J connectivity index is 2.56. The van der Waals surface area contributed by atoms with Crippen molar-refractivity contribution in [1.82, 2.24) is 4.98 Å². The highest BCUT2D eigenvalue weighted by Gasteiger charge is 2.06. The molecule has 0 unspecified atom stereocenters. The number of carbonyl (C=O) groups excluding carboxylic acids is 1. The summed E-state index contributed by atoms with van der Waals surface area (Å²) in [5.74, 6) is 0.335. The van der Waals surface area contributed by atoms with Gasteiger partial charge in [-0.25, -0.2) is 9.78 Å². The first-order valence-electron chi connectivity index (χ1n) is 5.29. The van der Waals surface area contributed by atoms with E-state index in [0.29, 0.717) is 11.6 Å². The third-order valence-corrected chi connectivity index (χ3v) is 1.67. The average Bonchev–Trinajstić information content (AvgIpc) is 2.25. The minimum Gasteiger partial charge on any atom is -0.475 e. The van der Waals surface area contributed by atoms with Crippen LogP contribution in [-0.4, -0.2) is 35.5 Å². The second kappa shape index (κ2) is 6.70. The number of ether oxygens (including phenoxy) is 2. The van der Waals surface area contributed by atoms with Crippen LogP contribution in [0.3, 0.4) is 0 Å². The number of aliphatic hydroxyl groups excluding tert-OH is 1. The monoisotopic (exact) mass is 240 g/mol. The molecule has 0 aliphatic carbocycles. The summed E-state index contributed by atoms with van der Waals surface area (Å²) in [4.78, 5) is 15.2. The van der Waals surface area contributed by atoms with Gasteiger partial charge >= 0.3 is 6.09 Å². The predicted molar refractivity (Wildman–Crippen MR) is 62.1 cm³/mol. The number of nitrogens with zero attached hydrogens (tertiary/aromatic N) is 1. The third kappa shape index (κ3) is 5.17. The summed E-state index contributed by atoms with van der Waals surface area (Å²) in [5.41, 5.74) is 0.526. The highest BCUT2D eigenvalue weighted by atomic mass is 16.6. The lowest BCUT2D eigenvalue weighted by Gasteiger charge is -2.10. The second-order valence-corrected chi connectivity index (χ2v) is 3.53. The van der Waals surface area contributed by atoms with Gasteiger partial charge in [-0.05, 0) is 19.9 Å². The van der Waals surface area contributed by atoms with Crippen LogP contribution in [0.2, 0.25) is 0 Å². The molecule has 17 heavy (non-hydrogen) atoms. The zero-order valence-corrected chi connectivity index (χ0v) is 9.84. The molecule has 6 nitrogen and oxygen atoms in total. The lowest BCUT2D eigenvalue weighted by molar-refractivity contribution is 0.130. The van der Waals surface area contributed by atoms with Crippen LogP contribution < -0.4 is 10.1 Å². The van der Waals surface area contributed by atoms with E-state index in [1.54, 1.807) is 26.0 Å². The topological polar surface area (TPSA) is 80.7 Å². The zero-order valence-electron chi connectivity index (χ0n) is 9.84. The first kappa shape index (κ1) is 13.2. The van der Waals surface area contributed by atoms with Crippen molar-refractivity contribution in [3.05, 3.63) is 18.3 Å². The molecule has 1 aromatic heterocycles. The second-order valence-electron chi connectivity index (χ2n) is 3.53. The Morgan fingerprint density at radius 3 is 3.00 bits per heavy atom. The molecule has 0 aromatic carbocycles. The number of pyridine rings is 1. The Kier molecular flexibility index (Phi) is 5.22. The number of hydrogen-bond acceptors (Lipinski definition) is 5. The minimum absolute atomic E-state index is 0.0886. The molecule has 1 heterocycles. The van der Waals surface area contributed by atoms with E-state index in [9.17, 15) is 4.79 Å². The van der Waals surface area contributed by atoms with Gasteiger partial charge in [-0.15, -0.1) is 0 Å². The third-order valence-electron chi connectivity index (χ3n) is 1.67. The summed E-state index contributed by atoms with van der Waals surface area (Å²) in [6.07, 6.45) is 0.791. The van der Waals surface area contributed by atoms with Crippen molar-refractivity contribution in [2.75, 3.05) is 18.5 Å². The van der Waals surface area contributed by atoms with Crippen LogP contribution in [-0.2, 0) is 4.74 Å². The minimum atomic E-state index is -0.528. The molecule has 0 atom stereocenters. The van der Waals surface area contributed by atoms with E-state index < -0.39 is 6.09 Å². The van der Waals surface area contributed by atoms with Gasteiger partial charge < -0.3 is 14.6 Å². The molecule has 2 N–H and O–H groups in total. The van der Waals surface area contributed by atoms with E-state index in [1.165, 1.54) is 6.20 Å². The smallest absolute Gasteiger partial charge is 0.411 e. The summed E-state index contributed by atoms with van der Waals surface area (Å²) in [5, 5.41) is 11.1. The summed E-state index contributed by atoms with van der Waals surface area (Å²) in [7, 11) is 0. The van der Waals surface area contributed by atoms with Crippen LogP contribution in [0.4, 0.5) is 10.5 Å². The van der Waals surface area contributed by atoms with E-state index in [0.717, 1.165) is 0 Å². The summed E-state index contributed by atoms with van der Waals surface area (Å²) in [6.45, 7) is 3.60. The van der Waals surface area contributed by atoms with Gasteiger partial charge in [0.15, 0.2) is 0 Å². The van der Waals surface area contributed by atoms with E-state index >= 15 is 0 Å². The quantitative estimate of drug-likeness (QED) is 0.813. The standard InChI is InChI=1S/C11H16N2O4/c1-8(2)17-11(15)13-9-3-4-12-10(7-9)16-6-5-14/h3-4,7-8,14H,5-6H2,1-2H3,(H,12,13,15). The Morgan fingerprint density at radius 1 is 1.59 bits per heavy atom. The van der Waals surface area contributed by atoms with Crippen LogP contribution in [0.25, 0.3) is 0 Å². The Bertz CT molecular complexity index is 368. The van der Waals surface area contributed by atoms with Crippen molar-refractivity contribution in [3.8, 4) is 5.88 Å². The molecule has 6 heteroatoms. The average molecular weight is 240 g/mol. The molecule has 1 rings (SSSR count). The molecule has 0 fully saturated rings. The van der Waals surface area contributed by atoms with Crippen molar-refractivity contribution in [1.29, 1.82) is 0 Å². The molecule has 0 spiro atoms. The highest BCUT2D eigenvalue weighted by Crippen LogP contribution is 2.14. The number of rotatable bonds is 5. The Morgan fingerprint density at radius 2 is 2.35 bits per heavy atom. The lowest BCUT2D eigenvalue weighted by Crippen LogP contribution is -2.18. The Hall–Kier alpha value is -1.82. The van der Waals surface area contributed by atoms with Crippen LogP contribution in [0, 0.1) is 0 Å². The van der Waals surface area contributed by atoms with Gasteiger partial charge in [0.25, 0.3) is 0 Å². The van der Waals surface area contributed by atoms with E-state index in [4.69, 9.17) is 14.6 Å². The van der Waals surface area contributed by atoms with Gasteiger partial charge in [0, 0.05) is 12.3 Å². The maximum atomic E-state index is 11.3. The number of amides is 1. The maximum absolute atomic E-state index is 11.3. The summed E-state index contributed by atoms with van der Waals surface area (Å²) in [6, 6.07) is 3.17. The van der Waals surface area contributed by atoms with Gasteiger partial charge in [-0.3, -0.25) is 5.32 Å². The normalized spacial score (nSPS) is 10.1. The van der Waals surface area contributed by atoms with Crippen molar-refractivity contribution >= 4 is 11.8 Å². The molecule has 0 aliphatic rings. The molecule has 0 bridgehead atoms. The van der Waals surface area contributed by atoms with Crippen molar-refractivity contribution in [2.45, 2.75) is 20.0 Å². The number of aromatic nitrogens is 1. The molecule has 94 valence electrons. The number of anilines is 1. The predicted octanol–water partition coefficient (Wildman–Crippen LogP) is 1.41. The van der Waals surface area contributed by atoms with E-state index in [-0.39, 0.29) is 19.3 Å². The number of carbonyl (C=O) groups is 1. The molecule has 0 radical (unpaired) electrons. The molecule has 1 aromatic rings. The summed E-state index contributed by atoms with van der Waals surface area (Å²) < 4.78 is 10.0. The SMILES string of the molecule is CC(C)OC(=O)Nc1ccnc(OCCO)c1. The Labute approximate surface area is 99.6 Å². The summed E-state index contributed by atoms with van der Waals surface area (Å²) >= 11 is 0. The fourth-order valence-corrected chi connectivity index (χ4v) is 1.08. The van der Waals surface area contributed by atoms with Gasteiger partial charge in [-0.1, -0.05) is 0 Å². The molecular weight excluding hydrogens is 224 g/mol. The van der Waals surface area contributed by atoms with Crippen LogP contribution >= 0.6 is 0 Å². The van der Waals surface area contributed by atoms with Gasteiger partial charge in [0.2, 0.25) is 5.88 Å². The number of nitrogens with one attached hydrogen (secondary N) is 1. The van der Waals surface area contributed by atoms with Crippen molar-refractivity contribution in [2.24, 2.45) is 0 Å². The van der Waals surface area contributed by atoms with Crippen molar-refractivity contribution < 1.29 is 19.4 Å². The zero-order chi connectivity index (χ0) is 12.7. The molecule has 0 aliphatic heterocycles.